The monoisotopic (exact) mass is 387 g/mol. The zero-order chi connectivity index (χ0) is 17.4. The number of phosphoric ester groups is 1. The van der Waals surface area contributed by atoms with E-state index < -0.39 is 7.82 Å². The SMILES string of the molecule is CCCCCCCCCC(CCCCCCC)COP(=O)([O-])[O-].[K+]. The van der Waals surface area contributed by atoms with Crippen molar-refractivity contribution in [3.8, 4) is 0 Å². The molecule has 0 aliphatic carbocycles. The van der Waals surface area contributed by atoms with Gasteiger partial charge in [0.05, 0.1) is 14.4 Å². The Kier molecular flexibility index (Phi) is 22.7. The fourth-order valence-corrected chi connectivity index (χ4v) is 3.33. The molecule has 0 N–H and O–H groups in total. The van der Waals surface area contributed by atoms with E-state index in [9.17, 15) is 14.4 Å². The van der Waals surface area contributed by atoms with Crippen LogP contribution < -0.4 is 61.2 Å². The number of rotatable bonds is 17. The molecule has 0 amide bonds. The molecule has 4 nitrogen and oxygen atoms in total. The predicted octanol–water partition coefficient (Wildman–Crippen LogP) is 1.95. The van der Waals surface area contributed by atoms with Gasteiger partial charge in [0.25, 0.3) is 0 Å². The molecule has 0 aliphatic heterocycles. The minimum absolute atomic E-state index is 0. The van der Waals surface area contributed by atoms with Crippen molar-refractivity contribution in [1.29, 1.82) is 0 Å². The van der Waals surface area contributed by atoms with Crippen LogP contribution in [-0.2, 0) is 9.09 Å². The van der Waals surface area contributed by atoms with E-state index in [0.717, 1.165) is 25.7 Å². The van der Waals surface area contributed by atoms with E-state index in [1.807, 2.05) is 0 Å². The second-order valence-electron chi connectivity index (χ2n) is 6.72. The summed E-state index contributed by atoms with van der Waals surface area (Å²) in [6.45, 7) is 4.49. The molecular weight excluding hydrogens is 350 g/mol. The molecule has 0 heterocycles. The van der Waals surface area contributed by atoms with E-state index >= 15 is 0 Å². The molecule has 0 radical (unpaired) electrons. The van der Waals surface area contributed by atoms with E-state index in [0.29, 0.717) is 0 Å². The van der Waals surface area contributed by atoms with Crippen molar-refractivity contribution in [2.24, 2.45) is 5.92 Å². The average Bonchev–Trinajstić information content (AvgIpc) is 2.49. The first-order valence-corrected chi connectivity index (χ1v) is 11.1. The van der Waals surface area contributed by atoms with Crippen LogP contribution in [-0.4, -0.2) is 6.61 Å². The molecule has 24 heavy (non-hydrogen) atoms. The van der Waals surface area contributed by atoms with Gasteiger partial charge in [-0.1, -0.05) is 90.9 Å². The molecule has 1 unspecified atom stereocenters. The summed E-state index contributed by atoms with van der Waals surface area (Å²) in [7, 11) is -4.83. The fraction of sp³-hybridized carbons (Fsp3) is 1.00. The Morgan fingerprint density at radius 1 is 0.750 bits per heavy atom. The molecule has 0 rings (SSSR count). The summed E-state index contributed by atoms with van der Waals surface area (Å²) in [5, 5.41) is 0. The number of unbranched alkanes of at least 4 members (excludes halogenated alkanes) is 10. The first-order valence-electron chi connectivity index (χ1n) is 9.66. The summed E-state index contributed by atoms with van der Waals surface area (Å²) in [5.74, 6) is 0.212. The van der Waals surface area contributed by atoms with Gasteiger partial charge in [-0.05, 0) is 18.8 Å². The summed E-state index contributed by atoms with van der Waals surface area (Å²) in [6.07, 6.45) is 16.7. The van der Waals surface area contributed by atoms with Crippen molar-refractivity contribution >= 4 is 7.82 Å². The van der Waals surface area contributed by atoms with Gasteiger partial charge in [0.1, 0.15) is 0 Å². The molecule has 0 aromatic rings. The molecule has 0 spiro atoms. The van der Waals surface area contributed by atoms with Gasteiger partial charge >= 0.3 is 51.4 Å². The van der Waals surface area contributed by atoms with Crippen LogP contribution in [0.5, 0.6) is 0 Å². The third-order valence-corrected chi connectivity index (χ3v) is 4.87. The molecule has 0 aromatic heterocycles. The first-order chi connectivity index (χ1) is 11.0. The Labute approximate surface area is 192 Å². The van der Waals surface area contributed by atoms with Gasteiger partial charge in [0.2, 0.25) is 0 Å². The summed E-state index contributed by atoms with van der Waals surface area (Å²) in [5.41, 5.74) is 0. The third kappa shape index (κ3) is 21.8. The minimum Gasteiger partial charge on any atom is -0.790 e. The van der Waals surface area contributed by atoms with Gasteiger partial charge in [-0.2, -0.15) is 0 Å². The van der Waals surface area contributed by atoms with Gasteiger partial charge in [-0.3, -0.25) is 0 Å². The zero-order valence-corrected chi connectivity index (χ0v) is 20.3. The van der Waals surface area contributed by atoms with Crippen LogP contribution in [0.2, 0.25) is 0 Å². The predicted molar refractivity (Wildman–Crippen MR) is 93.0 cm³/mol. The molecule has 0 saturated carbocycles. The van der Waals surface area contributed by atoms with Gasteiger partial charge in [0, 0.05) is 0 Å². The smallest absolute Gasteiger partial charge is 0.790 e. The average molecular weight is 388 g/mol. The number of hydrogen-bond acceptors (Lipinski definition) is 4. The fourth-order valence-electron chi connectivity index (χ4n) is 2.93. The molecule has 0 fully saturated rings. The maximum absolute atomic E-state index is 10.7. The van der Waals surface area contributed by atoms with Crippen LogP contribution in [0.3, 0.4) is 0 Å². The second-order valence-corrected chi connectivity index (χ2v) is 7.87. The zero-order valence-electron chi connectivity index (χ0n) is 16.3. The molecule has 0 saturated heterocycles. The third-order valence-electron chi connectivity index (χ3n) is 4.40. The molecule has 140 valence electrons. The topological polar surface area (TPSA) is 72.4 Å². The molecule has 1 atom stereocenters. The van der Waals surface area contributed by atoms with E-state index in [1.54, 1.807) is 0 Å². The summed E-state index contributed by atoms with van der Waals surface area (Å²) >= 11 is 0. The van der Waals surface area contributed by atoms with Crippen LogP contribution in [0.15, 0.2) is 0 Å². The van der Waals surface area contributed by atoms with Crippen LogP contribution in [0.1, 0.15) is 104 Å². The Morgan fingerprint density at radius 2 is 1.12 bits per heavy atom. The van der Waals surface area contributed by atoms with E-state index in [1.165, 1.54) is 64.2 Å². The maximum Gasteiger partial charge on any atom is 1.00 e. The van der Waals surface area contributed by atoms with Crippen LogP contribution in [0.25, 0.3) is 0 Å². The first kappa shape index (κ1) is 28.0. The summed E-state index contributed by atoms with van der Waals surface area (Å²) in [4.78, 5) is 21.4. The van der Waals surface area contributed by atoms with E-state index in [2.05, 4.69) is 18.4 Å². The Morgan fingerprint density at radius 3 is 1.50 bits per heavy atom. The number of hydrogen-bond donors (Lipinski definition) is 0. The molecule has 0 aromatic carbocycles. The summed E-state index contributed by atoms with van der Waals surface area (Å²) < 4.78 is 15.2. The van der Waals surface area contributed by atoms with Gasteiger partial charge in [0.15, 0.2) is 0 Å². The Balaban J connectivity index is 0. The van der Waals surface area contributed by atoms with Gasteiger partial charge in [-0.25, -0.2) is 0 Å². The Bertz CT molecular complexity index is 297. The largest absolute Gasteiger partial charge is 1.00 e. The van der Waals surface area contributed by atoms with E-state index in [-0.39, 0.29) is 63.9 Å². The van der Waals surface area contributed by atoms with Crippen LogP contribution in [0.4, 0.5) is 0 Å². The quantitative estimate of drug-likeness (QED) is 0.217. The normalized spacial score (nSPS) is 12.8. The van der Waals surface area contributed by atoms with E-state index in [4.69, 9.17) is 0 Å². The van der Waals surface area contributed by atoms with Crippen molar-refractivity contribution in [3.05, 3.63) is 0 Å². The van der Waals surface area contributed by atoms with Crippen molar-refractivity contribution in [3.63, 3.8) is 0 Å². The van der Waals surface area contributed by atoms with Crippen molar-refractivity contribution in [1.82, 2.24) is 0 Å². The Hall–Kier alpha value is 1.75. The maximum atomic E-state index is 10.7. The molecule has 6 heteroatoms. The van der Waals surface area contributed by atoms with Crippen LogP contribution >= 0.6 is 7.82 Å². The molecule has 0 aliphatic rings. The van der Waals surface area contributed by atoms with Gasteiger partial charge < -0.3 is 18.9 Å². The van der Waals surface area contributed by atoms with Crippen LogP contribution in [0, 0.1) is 5.92 Å². The second kappa shape index (κ2) is 19.5. The standard InChI is InChI=1S/C18H39O4P.K/c1-3-5-7-9-10-12-14-16-18(17-22-23(19,20)21)15-13-11-8-6-4-2;/h18H,3-17H2,1-2H3,(H2,19,20,21);/q;+1/p-2. The van der Waals surface area contributed by atoms with Crippen molar-refractivity contribution in [2.75, 3.05) is 6.61 Å². The number of phosphoric acid groups is 1. The van der Waals surface area contributed by atoms with Gasteiger partial charge in [-0.15, -0.1) is 0 Å². The minimum atomic E-state index is -4.83. The molecular formula is C18H37KO4P-. The summed E-state index contributed by atoms with van der Waals surface area (Å²) in [6, 6.07) is 0. The van der Waals surface area contributed by atoms with Crippen molar-refractivity contribution in [2.45, 2.75) is 104 Å². The van der Waals surface area contributed by atoms with Crippen molar-refractivity contribution < 1.29 is 70.3 Å². The molecule has 0 bridgehead atoms.